The Kier molecular flexibility index (Phi) is 4.09. The highest BCUT2D eigenvalue weighted by Gasteiger charge is 2.24. The molecular weight excluding hydrogens is 230 g/mol. The van der Waals surface area contributed by atoms with Crippen LogP contribution in [0.15, 0.2) is 6.33 Å². The van der Waals surface area contributed by atoms with Crippen molar-refractivity contribution in [1.29, 1.82) is 0 Å². The Morgan fingerprint density at radius 3 is 2.59 bits per heavy atom. The van der Waals surface area contributed by atoms with E-state index in [4.69, 9.17) is 4.74 Å². The van der Waals surface area contributed by atoms with Gasteiger partial charge in [-0.05, 0) is 13.3 Å². The number of aromatic nitrogens is 2. The fourth-order valence-corrected chi connectivity index (χ4v) is 1.33. The summed E-state index contributed by atoms with van der Waals surface area (Å²) in [4.78, 5) is 19.1. The monoisotopic (exact) mass is 244 g/mol. The van der Waals surface area contributed by atoms with E-state index in [1.54, 1.807) is 0 Å². The van der Waals surface area contributed by atoms with Gasteiger partial charge in [-0.1, -0.05) is 6.92 Å². The smallest absolute Gasteiger partial charge is 0.278 e. The Hall–Kier alpha value is -1.59. The van der Waals surface area contributed by atoms with E-state index in [-0.39, 0.29) is 17.2 Å². The second-order valence-corrected chi connectivity index (χ2v) is 3.77. The van der Waals surface area contributed by atoms with E-state index >= 15 is 0 Å². The van der Waals surface area contributed by atoms with Crippen molar-refractivity contribution in [2.24, 2.45) is 0 Å². The Balaban J connectivity index is 3.02. The first-order chi connectivity index (χ1) is 7.85. The minimum absolute atomic E-state index is 0.0779. The predicted molar refractivity (Wildman–Crippen MR) is 57.5 cm³/mol. The first kappa shape index (κ1) is 13.5. The lowest BCUT2D eigenvalue weighted by Crippen LogP contribution is -2.22. The number of ketones is 1. The molecule has 0 bridgehead atoms. The number of ether oxygens (including phenoxy) is 1. The van der Waals surface area contributed by atoms with E-state index in [1.807, 2.05) is 6.92 Å². The van der Waals surface area contributed by atoms with Crippen LogP contribution in [-0.2, 0) is 6.42 Å². The number of Topliss-reactive ketones (excluding diaryl/α,β-unsaturated/α-hetero) is 1. The van der Waals surface area contributed by atoms with Gasteiger partial charge in [0.05, 0.1) is 5.69 Å². The van der Waals surface area contributed by atoms with Gasteiger partial charge in [-0.25, -0.2) is 18.7 Å². The van der Waals surface area contributed by atoms with Crippen molar-refractivity contribution in [1.82, 2.24) is 9.97 Å². The van der Waals surface area contributed by atoms with Gasteiger partial charge in [-0.2, -0.15) is 0 Å². The van der Waals surface area contributed by atoms with Crippen LogP contribution in [0, 0.1) is 0 Å². The van der Waals surface area contributed by atoms with Crippen LogP contribution in [0.5, 0.6) is 5.88 Å². The number of carbonyl (C=O) groups excluding carboxylic acids is 1. The van der Waals surface area contributed by atoms with Crippen LogP contribution < -0.4 is 4.74 Å². The minimum Gasteiger partial charge on any atom is -0.471 e. The van der Waals surface area contributed by atoms with Crippen LogP contribution >= 0.6 is 0 Å². The van der Waals surface area contributed by atoms with E-state index in [1.165, 1.54) is 13.3 Å². The van der Waals surface area contributed by atoms with Gasteiger partial charge in [0.2, 0.25) is 5.88 Å². The maximum Gasteiger partial charge on any atom is 0.278 e. The average molecular weight is 244 g/mol. The van der Waals surface area contributed by atoms with Crippen molar-refractivity contribution in [3.63, 3.8) is 0 Å². The SMILES string of the molecule is CCc1ncnc(OCC(C)(F)F)c1C(C)=O. The molecule has 0 aromatic carbocycles. The lowest BCUT2D eigenvalue weighted by Gasteiger charge is -2.14. The molecule has 94 valence electrons. The number of aryl methyl sites for hydroxylation is 1. The van der Waals surface area contributed by atoms with Crippen molar-refractivity contribution in [3.05, 3.63) is 17.6 Å². The number of nitrogens with zero attached hydrogens (tertiary/aromatic N) is 2. The van der Waals surface area contributed by atoms with Crippen LogP contribution in [0.25, 0.3) is 0 Å². The van der Waals surface area contributed by atoms with Crippen LogP contribution in [0.4, 0.5) is 8.78 Å². The second-order valence-electron chi connectivity index (χ2n) is 3.77. The number of hydrogen-bond acceptors (Lipinski definition) is 4. The van der Waals surface area contributed by atoms with Gasteiger partial charge in [0, 0.05) is 6.92 Å². The Morgan fingerprint density at radius 1 is 1.47 bits per heavy atom. The molecule has 0 fully saturated rings. The third-order valence-corrected chi connectivity index (χ3v) is 2.04. The number of alkyl halides is 2. The fraction of sp³-hybridized carbons (Fsp3) is 0.545. The van der Waals surface area contributed by atoms with Crippen molar-refractivity contribution >= 4 is 5.78 Å². The molecule has 0 unspecified atom stereocenters. The molecule has 0 radical (unpaired) electrons. The Labute approximate surface area is 98.0 Å². The molecule has 0 aliphatic carbocycles. The molecule has 1 aromatic rings. The van der Waals surface area contributed by atoms with Crippen molar-refractivity contribution in [2.45, 2.75) is 33.1 Å². The summed E-state index contributed by atoms with van der Waals surface area (Å²) >= 11 is 0. The molecule has 1 heterocycles. The molecule has 0 amide bonds. The third kappa shape index (κ3) is 3.72. The standard InChI is InChI=1S/C11H14F2N2O2/c1-4-8-9(7(2)16)10(15-6-14-8)17-5-11(3,12)13/h6H,4-5H2,1-3H3. The van der Waals surface area contributed by atoms with Crippen molar-refractivity contribution in [3.8, 4) is 5.88 Å². The molecule has 0 N–H and O–H groups in total. The normalized spacial score (nSPS) is 11.4. The molecule has 0 aliphatic heterocycles. The molecule has 0 saturated heterocycles. The van der Waals surface area contributed by atoms with E-state index in [0.29, 0.717) is 12.1 Å². The quantitative estimate of drug-likeness (QED) is 0.745. The topological polar surface area (TPSA) is 52.1 Å². The van der Waals surface area contributed by atoms with Crippen LogP contribution in [0.3, 0.4) is 0 Å². The van der Waals surface area contributed by atoms with Gasteiger partial charge in [0.1, 0.15) is 11.9 Å². The Bertz CT molecular complexity index is 416. The molecule has 0 aliphatic rings. The summed E-state index contributed by atoms with van der Waals surface area (Å²) in [6.45, 7) is 3.07. The number of carbonyl (C=O) groups is 1. The van der Waals surface area contributed by atoms with Crippen LogP contribution in [0.1, 0.15) is 36.8 Å². The van der Waals surface area contributed by atoms with Gasteiger partial charge in [0.25, 0.3) is 5.92 Å². The molecule has 17 heavy (non-hydrogen) atoms. The number of hydrogen-bond donors (Lipinski definition) is 0. The van der Waals surface area contributed by atoms with E-state index in [0.717, 1.165) is 6.92 Å². The second kappa shape index (κ2) is 5.16. The minimum atomic E-state index is -2.97. The summed E-state index contributed by atoms with van der Waals surface area (Å²) in [7, 11) is 0. The van der Waals surface area contributed by atoms with Gasteiger partial charge in [-0.3, -0.25) is 4.79 Å². The highest BCUT2D eigenvalue weighted by molar-refractivity contribution is 5.97. The summed E-state index contributed by atoms with van der Waals surface area (Å²) in [6.07, 6.45) is 1.71. The zero-order chi connectivity index (χ0) is 13.1. The van der Waals surface area contributed by atoms with Gasteiger partial charge < -0.3 is 4.74 Å². The molecule has 0 saturated carbocycles. The van der Waals surface area contributed by atoms with E-state index in [2.05, 4.69) is 9.97 Å². The third-order valence-electron chi connectivity index (χ3n) is 2.04. The summed E-state index contributed by atoms with van der Waals surface area (Å²) in [6, 6.07) is 0. The molecule has 6 heteroatoms. The highest BCUT2D eigenvalue weighted by atomic mass is 19.3. The molecule has 1 rings (SSSR count). The zero-order valence-electron chi connectivity index (χ0n) is 9.96. The summed E-state index contributed by atoms with van der Waals surface area (Å²) < 4.78 is 30.2. The summed E-state index contributed by atoms with van der Waals surface area (Å²) in [5.74, 6) is -3.34. The summed E-state index contributed by atoms with van der Waals surface area (Å²) in [5.41, 5.74) is 0.682. The highest BCUT2D eigenvalue weighted by Crippen LogP contribution is 2.21. The maximum atomic E-state index is 12.7. The molecule has 0 atom stereocenters. The van der Waals surface area contributed by atoms with Gasteiger partial charge in [0.15, 0.2) is 12.4 Å². The largest absolute Gasteiger partial charge is 0.471 e. The predicted octanol–water partition coefficient (Wildman–Crippen LogP) is 2.28. The van der Waals surface area contributed by atoms with E-state index in [9.17, 15) is 13.6 Å². The molecule has 1 aromatic heterocycles. The first-order valence-electron chi connectivity index (χ1n) is 5.20. The van der Waals surface area contributed by atoms with E-state index < -0.39 is 12.5 Å². The molecule has 4 nitrogen and oxygen atoms in total. The van der Waals surface area contributed by atoms with Gasteiger partial charge >= 0.3 is 0 Å². The maximum absolute atomic E-state index is 12.7. The molecule has 0 spiro atoms. The van der Waals surface area contributed by atoms with Crippen LogP contribution in [0.2, 0.25) is 0 Å². The molecular formula is C11H14F2N2O2. The lowest BCUT2D eigenvalue weighted by molar-refractivity contribution is -0.0245. The first-order valence-corrected chi connectivity index (χ1v) is 5.20. The Morgan fingerprint density at radius 2 is 2.12 bits per heavy atom. The van der Waals surface area contributed by atoms with Crippen LogP contribution in [-0.4, -0.2) is 28.3 Å². The fourth-order valence-electron chi connectivity index (χ4n) is 1.33. The number of halogens is 2. The van der Waals surface area contributed by atoms with Crippen molar-refractivity contribution < 1.29 is 18.3 Å². The number of rotatable bonds is 5. The average Bonchev–Trinajstić information content (AvgIpc) is 2.24. The van der Waals surface area contributed by atoms with Gasteiger partial charge in [-0.15, -0.1) is 0 Å². The van der Waals surface area contributed by atoms with Crippen molar-refractivity contribution in [2.75, 3.05) is 6.61 Å². The summed E-state index contributed by atoms with van der Waals surface area (Å²) in [5, 5.41) is 0. The lowest BCUT2D eigenvalue weighted by atomic mass is 10.1. The zero-order valence-corrected chi connectivity index (χ0v) is 9.96.